The second-order valence-corrected chi connectivity index (χ2v) is 13.1. The van der Waals surface area contributed by atoms with Crippen LogP contribution in [-0.2, 0) is 0 Å². The minimum absolute atomic E-state index is 0.593. The first kappa shape index (κ1) is 26.1. The lowest BCUT2D eigenvalue weighted by Gasteiger charge is -2.12. The van der Waals surface area contributed by atoms with Crippen molar-refractivity contribution in [1.29, 1.82) is 0 Å². The topological polar surface area (TPSA) is 61.4 Å². The van der Waals surface area contributed by atoms with Gasteiger partial charge in [-0.15, -0.1) is 0 Å². The van der Waals surface area contributed by atoms with E-state index in [4.69, 9.17) is 19.9 Å². The molecule has 230 valence electrons. The van der Waals surface area contributed by atoms with Crippen molar-refractivity contribution in [3.05, 3.63) is 146 Å². The van der Waals surface area contributed by atoms with Gasteiger partial charge in [0.1, 0.15) is 0 Å². The summed E-state index contributed by atoms with van der Waals surface area (Å²) in [5.41, 5.74) is 8.72. The van der Waals surface area contributed by atoms with Crippen molar-refractivity contribution >= 4 is 76.2 Å². The predicted octanol–water partition coefficient (Wildman–Crippen LogP) is 10.6. The SMILES string of the molecule is c1ccc2c(c1)-c1nc(-n3c4ccccc4c4ccc5ccccc5c43)nc3nc(-n4c5ccccc5c5ccc6ccccc6c54)nc-2c13. The van der Waals surface area contributed by atoms with Crippen molar-refractivity contribution in [2.24, 2.45) is 0 Å². The van der Waals surface area contributed by atoms with Gasteiger partial charge < -0.3 is 0 Å². The second kappa shape index (κ2) is 9.36. The van der Waals surface area contributed by atoms with Crippen molar-refractivity contribution in [1.82, 2.24) is 29.1 Å². The molecule has 11 aromatic rings. The van der Waals surface area contributed by atoms with Crippen LogP contribution in [0.15, 0.2) is 146 Å². The zero-order chi connectivity index (χ0) is 32.5. The Morgan fingerprint density at radius 2 is 0.760 bits per heavy atom. The van der Waals surface area contributed by atoms with Crippen molar-refractivity contribution in [3.8, 4) is 34.4 Å². The Morgan fingerprint density at radius 1 is 0.340 bits per heavy atom. The molecule has 1 aliphatic rings. The summed E-state index contributed by atoms with van der Waals surface area (Å²) in [4.78, 5) is 21.4. The van der Waals surface area contributed by atoms with E-state index in [1.807, 2.05) is 0 Å². The summed E-state index contributed by atoms with van der Waals surface area (Å²) >= 11 is 0. The molecule has 7 aromatic carbocycles. The summed E-state index contributed by atoms with van der Waals surface area (Å²) in [5, 5.41) is 10.2. The summed E-state index contributed by atoms with van der Waals surface area (Å²) in [6.45, 7) is 0. The van der Waals surface area contributed by atoms with Crippen molar-refractivity contribution in [2.45, 2.75) is 0 Å². The molecule has 1 aliphatic carbocycles. The highest BCUT2D eigenvalue weighted by molar-refractivity contribution is 6.20. The predicted molar refractivity (Wildman–Crippen MR) is 203 cm³/mol. The van der Waals surface area contributed by atoms with Crippen molar-refractivity contribution in [2.75, 3.05) is 0 Å². The molecule has 0 bridgehead atoms. The van der Waals surface area contributed by atoms with Gasteiger partial charge in [-0.1, -0.05) is 133 Å². The van der Waals surface area contributed by atoms with E-state index in [1.54, 1.807) is 0 Å². The smallest absolute Gasteiger partial charge is 0.237 e. The minimum atomic E-state index is 0.593. The number of para-hydroxylation sites is 2. The molecule has 0 fully saturated rings. The number of aromatic nitrogens is 6. The molecule has 0 atom stereocenters. The van der Waals surface area contributed by atoms with E-state index in [-0.39, 0.29) is 0 Å². The maximum absolute atomic E-state index is 5.36. The third kappa shape index (κ3) is 3.27. The van der Waals surface area contributed by atoms with Gasteiger partial charge in [0.15, 0.2) is 5.65 Å². The molecule has 0 spiro atoms. The molecule has 12 rings (SSSR count). The van der Waals surface area contributed by atoms with E-state index >= 15 is 0 Å². The molecule has 6 nitrogen and oxygen atoms in total. The van der Waals surface area contributed by atoms with Crippen LogP contribution in [0.1, 0.15) is 0 Å². The molecule has 4 aromatic heterocycles. The van der Waals surface area contributed by atoms with Crippen LogP contribution >= 0.6 is 0 Å². The first-order valence-electron chi connectivity index (χ1n) is 16.8. The Kier molecular flexibility index (Phi) is 4.89. The van der Waals surface area contributed by atoms with Crippen molar-refractivity contribution < 1.29 is 0 Å². The molecular formula is C44H24N6. The van der Waals surface area contributed by atoms with Crippen LogP contribution in [0.25, 0.3) is 111 Å². The Balaban J connectivity index is 1.24. The summed E-state index contributed by atoms with van der Waals surface area (Å²) in [7, 11) is 0. The third-order valence-electron chi connectivity index (χ3n) is 10.5. The molecule has 0 amide bonds. The van der Waals surface area contributed by atoms with Gasteiger partial charge in [-0.05, 0) is 22.9 Å². The van der Waals surface area contributed by atoms with Gasteiger partial charge in [-0.3, -0.25) is 9.13 Å². The molecule has 0 saturated carbocycles. The lowest BCUT2D eigenvalue weighted by atomic mass is 10.1. The van der Waals surface area contributed by atoms with Crippen LogP contribution in [0.5, 0.6) is 0 Å². The van der Waals surface area contributed by atoms with Crippen molar-refractivity contribution in [3.63, 3.8) is 0 Å². The molecule has 0 radical (unpaired) electrons. The van der Waals surface area contributed by atoms with Gasteiger partial charge in [0.25, 0.3) is 0 Å². The lowest BCUT2D eigenvalue weighted by Crippen LogP contribution is -2.07. The Morgan fingerprint density at radius 3 is 1.26 bits per heavy atom. The number of hydrogen-bond acceptors (Lipinski definition) is 4. The molecular weight excluding hydrogens is 613 g/mol. The number of benzene rings is 7. The monoisotopic (exact) mass is 636 g/mol. The van der Waals surface area contributed by atoms with Crippen LogP contribution < -0.4 is 0 Å². The van der Waals surface area contributed by atoms with Crippen LogP contribution in [0.2, 0.25) is 0 Å². The fourth-order valence-electron chi connectivity index (χ4n) is 8.37. The first-order valence-corrected chi connectivity index (χ1v) is 16.8. The van der Waals surface area contributed by atoms with E-state index in [0.717, 1.165) is 71.5 Å². The fourth-order valence-corrected chi connectivity index (χ4v) is 8.37. The number of fused-ring (bicyclic) bond motifs is 13. The first-order chi connectivity index (χ1) is 24.8. The fraction of sp³-hybridized carbons (Fsp3) is 0. The lowest BCUT2D eigenvalue weighted by molar-refractivity contribution is 0.978. The zero-order valence-corrected chi connectivity index (χ0v) is 26.5. The summed E-state index contributed by atoms with van der Waals surface area (Å²) < 4.78 is 4.44. The molecule has 0 saturated heterocycles. The molecule has 50 heavy (non-hydrogen) atoms. The quantitative estimate of drug-likeness (QED) is 0.189. The van der Waals surface area contributed by atoms with Gasteiger partial charge in [0, 0.05) is 43.4 Å². The van der Waals surface area contributed by atoms with Crippen LogP contribution in [0.4, 0.5) is 0 Å². The highest BCUT2D eigenvalue weighted by Crippen LogP contribution is 2.46. The summed E-state index contributed by atoms with van der Waals surface area (Å²) in [6, 6.07) is 51.4. The van der Waals surface area contributed by atoms with Crippen LogP contribution in [0.3, 0.4) is 0 Å². The molecule has 4 heterocycles. The standard InChI is InChI=1S/C44H24N6/c1-3-13-27-25(11-1)21-23-33-29-15-7-9-19-35(29)49(40(27)33)43-45-38-31-17-5-6-18-32(31)39-37(38)42(47-43)48-44(46-39)50-36-20-10-8-16-30(36)34-24-22-26-12-2-4-14-28(26)41(34)50/h1-24H. The normalized spacial score (nSPS) is 12.4. The number of nitrogens with zero attached hydrogens (tertiary/aromatic N) is 6. The Labute approximate surface area is 284 Å². The highest BCUT2D eigenvalue weighted by atomic mass is 15.2. The van der Waals surface area contributed by atoms with Gasteiger partial charge in [-0.25, -0.2) is 9.97 Å². The highest BCUT2D eigenvalue weighted by Gasteiger charge is 2.29. The zero-order valence-electron chi connectivity index (χ0n) is 26.5. The van der Waals surface area contributed by atoms with Crippen LogP contribution in [0, 0.1) is 0 Å². The summed E-state index contributed by atoms with van der Waals surface area (Å²) in [6.07, 6.45) is 0. The maximum Gasteiger partial charge on any atom is 0.237 e. The van der Waals surface area contributed by atoms with Gasteiger partial charge in [0.2, 0.25) is 11.9 Å². The third-order valence-corrected chi connectivity index (χ3v) is 10.5. The summed E-state index contributed by atoms with van der Waals surface area (Å²) in [5.74, 6) is 1.19. The van der Waals surface area contributed by atoms with E-state index in [1.165, 1.54) is 21.5 Å². The minimum Gasteiger partial charge on any atom is -0.277 e. The number of rotatable bonds is 2. The Bertz CT molecular complexity index is 3060. The van der Waals surface area contributed by atoms with Gasteiger partial charge in [0.05, 0.1) is 38.8 Å². The van der Waals surface area contributed by atoms with Gasteiger partial charge in [-0.2, -0.15) is 9.97 Å². The maximum atomic E-state index is 5.36. The number of hydrogen-bond donors (Lipinski definition) is 0. The largest absolute Gasteiger partial charge is 0.277 e. The average molecular weight is 637 g/mol. The molecule has 0 aliphatic heterocycles. The van der Waals surface area contributed by atoms with Crippen LogP contribution in [-0.4, -0.2) is 29.1 Å². The van der Waals surface area contributed by atoms with Gasteiger partial charge >= 0.3 is 0 Å². The second-order valence-electron chi connectivity index (χ2n) is 13.1. The molecule has 0 N–H and O–H groups in total. The molecule has 0 unspecified atom stereocenters. The Hall–Kier alpha value is -6.92. The van der Waals surface area contributed by atoms with E-state index in [2.05, 4.69) is 155 Å². The molecule has 6 heteroatoms. The average Bonchev–Trinajstić information content (AvgIpc) is 3.82. The van der Waals surface area contributed by atoms with E-state index in [0.29, 0.717) is 17.5 Å². The van der Waals surface area contributed by atoms with E-state index < -0.39 is 0 Å². The van der Waals surface area contributed by atoms with E-state index in [9.17, 15) is 0 Å².